The summed E-state index contributed by atoms with van der Waals surface area (Å²) in [6.07, 6.45) is 5.06. The Labute approximate surface area is 125 Å². The molecule has 0 unspecified atom stereocenters. The molecule has 0 aromatic heterocycles. The molecule has 0 radical (unpaired) electrons. The molecule has 0 aliphatic rings. The van der Waals surface area contributed by atoms with Crippen LogP contribution < -0.4 is 4.74 Å². The predicted molar refractivity (Wildman–Crippen MR) is 80.8 cm³/mol. The molecule has 0 N–H and O–H groups in total. The summed E-state index contributed by atoms with van der Waals surface area (Å²) < 4.78 is 10.6. The highest BCUT2D eigenvalue weighted by atomic mass is 16.5. The van der Waals surface area contributed by atoms with Crippen molar-refractivity contribution in [1.29, 1.82) is 0 Å². The van der Waals surface area contributed by atoms with Crippen molar-refractivity contribution in [3.8, 4) is 18.1 Å². The van der Waals surface area contributed by atoms with Crippen molar-refractivity contribution in [2.75, 3.05) is 19.8 Å². The number of hydrogen-bond acceptors (Lipinski definition) is 4. The number of hydrogen-bond donors (Lipinski definition) is 0. The molecule has 0 saturated heterocycles. The number of ketones is 2. The first-order valence-corrected chi connectivity index (χ1v) is 6.80. The minimum atomic E-state index is -0.160. The number of carbonyl (C=O) groups excluding carboxylic acids is 2. The monoisotopic (exact) mass is 288 g/mol. The molecule has 1 aromatic rings. The molecule has 0 heterocycles. The van der Waals surface area contributed by atoms with Crippen molar-refractivity contribution in [1.82, 2.24) is 0 Å². The lowest BCUT2D eigenvalue weighted by Crippen LogP contribution is -2.13. The van der Waals surface area contributed by atoms with Crippen LogP contribution >= 0.6 is 0 Å². The second-order valence-corrected chi connectivity index (χ2v) is 4.89. The van der Waals surface area contributed by atoms with E-state index in [0.29, 0.717) is 30.1 Å². The smallest absolute Gasteiger partial charge is 0.166 e. The Morgan fingerprint density at radius 2 is 1.95 bits per heavy atom. The summed E-state index contributed by atoms with van der Waals surface area (Å²) in [7, 11) is 0. The van der Waals surface area contributed by atoms with Crippen molar-refractivity contribution >= 4 is 11.6 Å². The molecule has 0 atom stereocenters. The molecule has 4 nitrogen and oxygen atoms in total. The van der Waals surface area contributed by atoms with E-state index < -0.39 is 0 Å². The minimum Gasteiger partial charge on any atom is -0.491 e. The molecule has 1 rings (SSSR count). The number of benzene rings is 1. The normalized spacial score (nSPS) is 10.2. The molecule has 1 aromatic carbocycles. The first-order valence-electron chi connectivity index (χ1n) is 6.80. The maximum Gasteiger partial charge on any atom is 0.166 e. The highest BCUT2D eigenvalue weighted by Gasteiger charge is 2.18. The van der Waals surface area contributed by atoms with Gasteiger partial charge in [0.2, 0.25) is 0 Å². The van der Waals surface area contributed by atoms with Gasteiger partial charge in [-0.15, -0.1) is 6.42 Å². The molecule has 0 aliphatic heterocycles. The van der Waals surface area contributed by atoms with Crippen LogP contribution in [0.3, 0.4) is 0 Å². The van der Waals surface area contributed by atoms with Gasteiger partial charge in [-0.25, -0.2) is 0 Å². The number of rotatable bonds is 8. The van der Waals surface area contributed by atoms with Gasteiger partial charge in [0.05, 0.1) is 6.61 Å². The Morgan fingerprint density at radius 3 is 2.52 bits per heavy atom. The van der Waals surface area contributed by atoms with Crippen LogP contribution in [0.25, 0.3) is 0 Å². The summed E-state index contributed by atoms with van der Waals surface area (Å²) in [4.78, 5) is 23.8. The highest BCUT2D eigenvalue weighted by Crippen LogP contribution is 2.21. The van der Waals surface area contributed by atoms with Gasteiger partial charge >= 0.3 is 0 Å². The lowest BCUT2D eigenvalue weighted by Gasteiger charge is -2.12. The van der Waals surface area contributed by atoms with Crippen LogP contribution in [-0.4, -0.2) is 31.4 Å². The Balaban J connectivity index is 2.82. The second kappa shape index (κ2) is 8.23. The Hall–Kier alpha value is -2.12. The van der Waals surface area contributed by atoms with Crippen LogP contribution in [0.5, 0.6) is 5.75 Å². The predicted octanol–water partition coefficient (Wildman–Crippen LogP) is 2.76. The first-order chi connectivity index (χ1) is 9.97. The Kier molecular flexibility index (Phi) is 6.64. The fourth-order valence-electron chi connectivity index (χ4n) is 1.78. The maximum atomic E-state index is 12.1. The lowest BCUT2D eigenvalue weighted by molar-refractivity contribution is 0.0926. The largest absolute Gasteiger partial charge is 0.491 e. The van der Waals surface area contributed by atoms with E-state index in [4.69, 9.17) is 15.9 Å². The molecule has 0 bridgehead atoms. The van der Waals surface area contributed by atoms with Gasteiger partial charge in [-0.1, -0.05) is 19.8 Å². The summed E-state index contributed by atoms with van der Waals surface area (Å²) >= 11 is 0. The fraction of sp³-hybridized carbons (Fsp3) is 0.412. The van der Waals surface area contributed by atoms with Crippen LogP contribution in [0.15, 0.2) is 18.2 Å². The number of Topliss-reactive ketones (excluding diaryl/α,β-unsaturated/α-hetero) is 2. The molecule has 0 aliphatic carbocycles. The van der Waals surface area contributed by atoms with Crippen molar-refractivity contribution < 1.29 is 19.1 Å². The second-order valence-electron chi connectivity index (χ2n) is 4.89. The van der Waals surface area contributed by atoms with Crippen molar-refractivity contribution in [2.45, 2.75) is 20.8 Å². The zero-order chi connectivity index (χ0) is 15.8. The summed E-state index contributed by atoms with van der Waals surface area (Å²) in [5.41, 5.74) is 0.823. The fourth-order valence-corrected chi connectivity index (χ4v) is 1.78. The van der Waals surface area contributed by atoms with Gasteiger partial charge in [0, 0.05) is 17.0 Å². The quantitative estimate of drug-likeness (QED) is 0.419. The average Bonchev–Trinajstić information content (AvgIpc) is 2.46. The van der Waals surface area contributed by atoms with Crippen LogP contribution in [0.4, 0.5) is 0 Å². The number of ether oxygens (including phenoxy) is 2. The standard InChI is InChI=1S/C17H20O4/c1-5-8-20-9-10-21-14-6-7-15(17(19)12(2)3)16(11-14)13(4)18/h1,6-7,11-12H,8-10H2,2-4H3. The molecular formula is C17H20O4. The summed E-state index contributed by atoms with van der Waals surface area (Å²) in [5, 5.41) is 0. The highest BCUT2D eigenvalue weighted by molar-refractivity contribution is 6.08. The van der Waals surface area contributed by atoms with Gasteiger partial charge in [-0.3, -0.25) is 9.59 Å². The van der Waals surface area contributed by atoms with E-state index in [9.17, 15) is 9.59 Å². The Morgan fingerprint density at radius 1 is 1.24 bits per heavy atom. The van der Waals surface area contributed by atoms with Gasteiger partial charge in [0.1, 0.15) is 19.0 Å². The third-order valence-corrected chi connectivity index (χ3v) is 2.84. The zero-order valence-electron chi connectivity index (χ0n) is 12.6. The molecule has 112 valence electrons. The third kappa shape index (κ3) is 5.05. The molecule has 21 heavy (non-hydrogen) atoms. The van der Waals surface area contributed by atoms with E-state index >= 15 is 0 Å². The molecule has 4 heteroatoms. The number of terminal acetylenes is 1. The first kappa shape index (κ1) is 16.9. The van der Waals surface area contributed by atoms with Crippen LogP contribution in [-0.2, 0) is 4.74 Å². The molecule has 0 amide bonds. The van der Waals surface area contributed by atoms with Gasteiger partial charge in [0.25, 0.3) is 0 Å². The molecule has 0 saturated carbocycles. The summed E-state index contributed by atoms with van der Waals surface area (Å²) in [6, 6.07) is 4.92. The topological polar surface area (TPSA) is 52.6 Å². The Bertz CT molecular complexity index is 552. The van der Waals surface area contributed by atoms with Gasteiger partial charge in [-0.2, -0.15) is 0 Å². The van der Waals surface area contributed by atoms with Crippen LogP contribution in [0.2, 0.25) is 0 Å². The van der Waals surface area contributed by atoms with Crippen LogP contribution in [0, 0.1) is 18.3 Å². The van der Waals surface area contributed by atoms with E-state index in [1.54, 1.807) is 32.0 Å². The average molecular weight is 288 g/mol. The minimum absolute atomic E-state index is 0.0518. The molecular weight excluding hydrogens is 268 g/mol. The molecule has 0 spiro atoms. The number of carbonyl (C=O) groups is 2. The van der Waals surface area contributed by atoms with Crippen molar-refractivity contribution in [3.63, 3.8) is 0 Å². The van der Waals surface area contributed by atoms with E-state index in [-0.39, 0.29) is 24.1 Å². The van der Waals surface area contributed by atoms with Gasteiger partial charge in [0.15, 0.2) is 11.6 Å². The van der Waals surface area contributed by atoms with Crippen molar-refractivity contribution in [2.24, 2.45) is 5.92 Å². The van der Waals surface area contributed by atoms with Gasteiger partial charge in [-0.05, 0) is 25.1 Å². The van der Waals surface area contributed by atoms with Gasteiger partial charge < -0.3 is 9.47 Å². The lowest BCUT2D eigenvalue weighted by atomic mass is 9.94. The van der Waals surface area contributed by atoms with E-state index in [1.165, 1.54) is 6.92 Å². The van der Waals surface area contributed by atoms with E-state index in [0.717, 1.165) is 0 Å². The molecule has 0 fully saturated rings. The summed E-state index contributed by atoms with van der Waals surface area (Å²) in [5.74, 6) is 2.52. The zero-order valence-corrected chi connectivity index (χ0v) is 12.6. The van der Waals surface area contributed by atoms with E-state index in [2.05, 4.69) is 5.92 Å². The van der Waals surface area contributed by atoms with Crippen LogP contribution in [0.1, 0.15) is 41.5 Å². The summed E-state index contributed by atoms with van der Waals surface area (Å²) in [6.45, 7) is 5.98. The SMILES string of the molecule is C#CCOCCOc1ccc(C(=O)C(C)C)c(C(C)=O)c1. The maximum absolute atomic E-state index is 12.1. The third-order valence-electron chi connectivity index (χ3n) is 2.84. The van der Waals surface area contributed by atoms with E-state index in [1.807, 2.05) is 0 Å². The van der Waals surface area contributed by atoms with Crippen molar-refractivity contribution in [3.05, 3.63) is 29.3 Å².